The normalized spacial score (nSPS) is 12.2. The van der Waals surface area contributed by atoms with Crippen LogP contribution in [0.4, 0.5) is 4.39 Å². The van der Waals surface area contributed by atoms with Crippen molar-refractivity contribution in [2.24, 2.45) is 0 Å². The van der Waals surface area contributed by atoms with Gasteiger partial charge in [0, 0.05) is 25.6 Å². The molecule has 0 bridgehead atoms. The Balaban J connectivity index is 1.41. The average Bonchev–Trinajstić information content (AvgIpc) is 2.76. The number of ether oxygens (including phenoxy) is 3. The minimum Gasteiger partial charge on any atom is -0.486 e. The summed E-state index contributed by atoms with van der Waals surface area (Å²) >= 11 is 0. The summed E-state index contributed by atoms with van der Waals surface area (Å²) in [6.45, 7) is 0.886. The summed E-state index contributed by atoms with van der Waals surface area (Å²) < 4.78 is 28.8. The number of hydrogen-bond acceptors (Lipinski definition) is 6. The number of benzene rings is 2. The minimum absolute atomic E-state index is 0.0777. The second-order valence-corrected chi connectivity index (χ2v) is 6.82. The van der Waals surface area contributed by atoms with Crippen LogP contribution in [0.5, 0.6) is 11.5 Å². The first-order valence-electron chi connectivity index (χ1n) is 9.49. The SMILES string of the molecule is CN(Cc1ccc2c(c1)OCCO2)C(=O)COC(=O)CCC(=O)c1ccc(F)cc1. The molecule has 0 saturated carbocycles. The Labute approximate surface area is 173 Å². The van der Waals surface area contributed by atoms with Crippen LogP contribution in [-0.2, 0) is 20.9 Å². The number of amides is 1. The van der Waals surface area contributed by atoms with Gasteiger partial charge in [0.15, 0.2) is 23.9 Å². The van der Waals surface area contributed by atoms with E-state index in [-0.39, 0.29) is 24.5 Å². The van der Waals surface area contributed by atoms with Crippen molar-refractivity contribution < 1.29 is 33.0 Å². The third-order valence-corrected chi connectivity index (χ3v) is 4.53. The predicted molar refractivity (Wildman–Crippen MR) is 105 cm³/mol. The van der Waals surface area contributed by atoms with Crippen molar-refractivity contribution in [2.75, 3.05) is 26.9 Å². The van der Waals surface area contributed by atoms with E-state index in [1.165, 1.54) is 29.2 Å². The Morgan fingerprint density at radius 3 is 2.43 bits per heavy atom. The van der Waals surface area contributed by atoms with E-state index in [2.05, 4.69) is 0 Å². The second kappa shape index (κ2) is 9.87. The lowest BCUT2D eigenvalue weighted by molar-refractivity contribution is -0.151. The van der Waals surface area contributed by atoms with Crippen molar-refractivity contribution >= 4 is 17.7 Å². The molecule has 0 fully saturated rings. The smallest absolute Gasteiger partial charge is 0.306 e. The number of likely N-dealkylation sites (N-methyl/N-ethyl adjacent to an activating group) is 1. The van der Waals surface area contributed by atoms with Crippen LogP contribution in [-0.4, -0.2) is 49.4 Å². The summed E-state index contributed by atoms with van der Waals surface area (Å²) in [6, 6.07) is 10.5. The van der Waals surface area contributed by atoms with Crippen LogP contribution in [0.25, 0.3) is 0 Å². The number of fused-ring (bicyclic) bond motifs is 1. The van der Waals surface area contributed by atoms with Gasteiger partial charge in [0.2, 0.25) is 0 Å². The van der Waals surface area contributed by atoms with Gasteiger partial charge in [-0.2, -0.15) is 0 Å². The molecule has 0 aliphatic carbocycles. The molecule has 30 heavy (non-hydrogen) atoms. The number of Topliss-reactive ketones (excluding diaryl/α,β-unsaturated/α-hetero) is 1. The summed E-state index contributed by atoms with van der Waals surface area (Å²) in [5.74, 6) is -0.451. The molecule has 7 nitrogen and oxygen atoms in total. The van der Waals surface area contributed by atoms with Crippen LogP contribution in [0, 0.1) is 5.82 Å². The molecule has 0 radical (unpaired) electrons. The largest absolute Gasteiger partial charge is 0.486 e. The number of esters is 1. The number of carbonyl (C=O) groups is 3. The van der Waals surface area contributed by atoms with Crippen LogP contribution in [0.15, 0.2) is 42.5 Å². The third-order valence-electron chi connectivity index (χ3n) is 4.53. The molecule has 2 aromatic carbocycles. The highest BCUT2D eigenvalue weighted by Crippen LogP contribution is 2.31. The molecule has 1 aliphatic rings. The van der Waals surface area contributed by atoms with E-state index in [1.54, 1.807) is 13.1 Å². The van der Waals surface area contributed by atoms with E-state index in [0.29, 0.717) is 36.8 Å². The lowest BCUT2D eigenvalue weighted by Gasteiger charge is -2.21. The molecule has 0 N–H and O–H groups in total. The highest BCUT2D eigenvalue weighted by molar-refractivity contribution is 5.97. The van der Waals surface area contributed by atoms with Crippen molar-refractivity contribution in [1.29, 1.82) is 0 Å². The molecule has 1 heterocycles. The molecule has 0 spiro atoms. The minimum atomic E-state index is -0.647. The number of ketones is 1. The van der Waals surface area contributed by atoms with Gasteiger partial charge in [0.25, 0.3) is 5.91 Å². The van der Waals surface area contributed by atoms with E-state index in [9.17, 15) is 18.8 Å². The van der Waals surface area contributed by atoms with Gasteiger partial charge in [0.1, 0.15) is 19.0 Å². The first-order valence-corrected chi connectivity index (χ1v) is 9.49. The summed E-state index contributed by atoms with van der Waals surface area (Å²) in [6.07, 6.45) is -0.235. The first-order chi connectivity index (χ1) is 14.4. The fraction of sp³-hybridized carbons (Fsp3) is 0.318. The Kier molecular flexibility index (Phi) is 7.00. The highest BCUT2D eigenvalue weighted by Gasteiger charge is 2.16. The first kappa shape index (κ1) is 21.3. The molecular formula is C22H22FNO6. The summed E-state index contributed by atoms with van der Waals surface area (Å²) in [4.78, 5) is 37.5. The van der Waals surface area contributed by atoms with E-state index >= 15 is 0 Å². The van der Waals surface area contributed by atoms with Crippen molar-refractivity contribution in [3.63, 3.8) is 0 Å². The maximum atomic E-state index is 12.9. The number of halogens is 1. The van der Waals surface area contributed by atoms with Crippen molar-refractivity contribution in [3.8, 4) is 11.5 Å². The topological polar surface area (TPSA) is 82.1 Å². The molecule has 158 valence electrons. The van der Waals surface area contributed by atoms with Gasteiger partial charge < -0.3 is 19.1 Å². The summed E-state index contributed by atoms with van der Waals surface area (Å²) in [7, 11) is 1.60. The predicted octanol–water partition coefficient (Wildman–Crippen LogP) is 2.76. The van der Waals surface area contributed by atoms with E-state index in [4.69, 9.17) is 14.2 Å². The average molecular weight is 415 g/mol. The lowest BCUT2D eigenvalue weighted by atomic mass is 10.1. The Morgan fingerprint density at radius 1 is 1.00 bits per heavy atom. The standard InChI is InChI=1S/C22H22FNO6/c1-24(13-15-2-8-19-20(12-15)29-11-10-28-19)21(26)14-30-22(27)9-7-18(25)16-3-5-17(23)6-4-16/h2-6,8,12H,7,9-11,13-14H2,1H3. The maximum absolute atomic E-state index is 12.9. The number of nitrogens with zero attached hydrogens (tertiary/aromatic N) is 1. The molecule has 8 heteroatoms. The van der Waals surface area contributed by atoms with Gasteiger partial charge in [-0.15, -0.1) is 0 Å². The quantitative estimate of drug-likeness (QED) is 0.487. The lowest BCUT2D eigenvalue weighted by Crippen LogP contribution is -2.31. The highest BCUT2D eigenvalue weighted by atomic mass is 19.1. The zero-order valence-electron chi connectivity index (χ0n) is 16.6. The fourth-order valence-electron chi connectivity index (χ4n) is 2.87. The van der Waals surface area contributed by atoms with Crippen molar-refractivity contribution in [3.05, 3.63) is 59.4 Å². The molecule has 3 rings (SSSR count). The summed E-state index contributed by atoms with van der Waals surface area (Å²) in [5.41, 5.74) is 1.17. The van der Waals surface area contributed by atoms with E-state index < -0.39 is 18.4 Å². The Bertz CT molecular complexity index is 928. The monoisotopic (exact) mass is 415 g/mol. The second-order valence-electron chi connectivity index (χ2n) is 6.82. The zero-order valence-corrected chi connectivity index (χ0v) is 16.6. The molecule has 1 aliphatic heterocycles. The molecule has 1 amide bonds. The van der Waals surface area contributed by atoms with Gasteiger partial charge in [0.05, 0.1) is 6.42 Å². The molecule has 0 unspecified atom stereocenters. The van der Waals surface area contributed by atoms with Crippen molar-refractivity contribution in [1.82, 2.24) is 4.90 Å². The molecule has 0 saturated heterocycles. The third kappa shape index (κ3) is 5.79. The van der Waals surface area contributed by atoms with Crippen LogP contribution in [0.3, 0.4) is 0 Å². The van der Waals surface area contributed by atoms with Crippen LogP contribution >= 0.6 is 0 Å². The maximum Gasteiger partial charge on any atom is 0.306 e. The zero-order chi connectivity index (χ0) is 21.5. The number of carbonyl (C=O) groups excluding carboxylic acids is 3. The van der Waals surface area contributed by atoms with Gasteiger partial charge in [-0.3, -0.25) is 14.4 Å². The molecule has 2 aromatic rings. The van der Waals surface area contributed by atoms with Crippen LogP contribution in [0.2, 0.25) is 0 Å². The van der Waals surface area contributed by atoms with Crippen LogP contribution in [0.1, 0.15) is 28.8 Å². The summed E-state index contributed by atoms with van der Waals surface area (Å²) in [5, 5.41) is 0. The Morgan fingerprint density at radius 2 is 1.70 bits per heavy atom. The Hall–Kier alpha value is -3.42. The number of hydrogen-bond donors (Lipinski definition) is 0. The van der Waals surface area contributed by atoms with Crippen molar-refractivity contribution in [2.45, 2.75) is 19.4 Å². The molecular weight excluding hydrogens is 393 g/mol. The fourth-order valence-corrected chi connectivity index (χ4v) is 2.87. The van der Waals surface area contributed by atoms with Gasteiger partial charge >= 0.3 is 5.97 Å². The van der Waals surface area contributed by atoms with Gasteiger partial charge in [-0.1, -0.05) is 6.07 Å². The van der Waals surface area contributed by atoms with Crippen LogP contribution < -0.4 is 9.47 Å². The molecule has 0 atom stereocenters. The van der Waals surface area contributed by atoms with E-state index in [1.807, 2.05) is 12.1 Å². The van der Waals surface area contributed by atoms with E-state index in [0.717, 1.165) is 5.56 Å². The molecule has 0 aromatic heterocycles. The van der Waals surface area contributed by atoms with Gasteiger partial charge in [-0.05, 0) is 42.0 Å². The van der Waals surface area contributed by atoms with Gasteiger partial charge in [-0.25, -0.2) is 4.39 Å². The number of rotatable bonds is 8.